The van der Waals surface area contributed by atoms with E-state index in [4.69, 9.17) is 5.73 Å². The van der Waals surface area contributed by atoms with E-state index in [1.165, 1.54) is 0 Å². The Morgan fingerprint density at radius 3 is 3.07 bits per heavy atom. The van der Waals surface area contributed by atoms with Gasteiger partial charge in [0.05, 0.1) is 17.4 Å². The van der Waals surface area contributed by atoms with Gasteiger partial charge in [-0.2, -0.15) is 5.10 Å². The van der Waals surface area contributed by atoms with Crippen LogP contribution in [0.15, 0.2) is 29.9 Å². The van der Waals surface area contributed by atoms with Gasteiger partial charge in [0.15, 0.2) is 5.01 Å². The molecule has 142 valence electrons. The second-order valence-corrected chi connectivity index (χ2v) is 7.76. The number of aromatic nitrogens is 3. The molecule has 0 saturated heterocycles. The summed E-state index contributed by atoms with van der Waals surface area (Å²) in [7, 11) is 0. The number of rotatable bonds is 3. The third-order valence-electron chi connectivity index (χ3n) is 4.87. The van der Waals surface area contributed by atoms with Gasteiger partial charge in [-0.25, -0.2) is 18.3 Å². The first-order valence-electron chi connectivity index (χ1n) is 8.69. The fourth-order valence-electron chi connectivity index (χ4n) is 3.41. The zero-order chi connectivity index (χ0) is 19.2. The first kappa shape index (κ1) is 18.0. The number of fused-ring (bicyclic) bond motifs is 1. The molecule has 6 nitrogen and oxygen atoms in total. The number of nitrogens with zero attached hydrogens (tertiary/aromatic N) is 3. The second kappa shape index (κ2) is 6.65. The van der Waals surface area contributed by atoms with Gasteiger partial charge < -0.3 is 11.1 Å². The number of hydrogen-bond acceptors (Lipinski definition) is 5. The fraction of sp³-hybridized carbons (Fsp3) is 0.389. The van der Waals surface area contributed by atoms with Crippen LogP contribution in [0.25, 0.3) is 16.8 Å². The third kappa shape index (κ3) is 3.32. The molecule has 1 amide bonds. The Balaban J connectivity index is 1.58. The van der Waals surface area contributed by atoms with Crippen molar-refractivity contribution in [3.05, 3.63) is 40.5 Å². The van der Waals surface area contributed by atoms with Crippen LogP contribution >= 0.6 is 11.3 Å². The molecule has 0 unspecified atom stereocenters. The van der Waals surface area contributed by atoms with Crippen molar-refractivity contribution >= 4 is 22.8 Å². The molecule has 3 aromatic rings. The number of halogens is 2. The predicted molar refractivity (Wildman–Crippen MR) is 99.1 cm³/mol. The van der Waals surface area contributed by atoms with E-state index in [9.17, 15) is 13.6 Å². The molecule has 3 heterocycles. The SMILES string of the molecule is Cc1ccn2ncc(-c3csc(C(=O)N[C@@H]4[C@H](N)CCCC4(F)F)n3)c2c1. The largest absolute Gasteiger partial charge is 0.340 e. The van der Waals surface area contributed by atoms with Crippen LogP contribution in [0.5, 0.6) is 0 Å². The minimum Gasteiger partial charge on any atom is -0.340 e. The first-order valence-corrected chi connectivity index (χ1v) is 9.57. The van der Waals surface area contributed by atoms with Gasteiger partial charge in [0.1, 0.15) is 6.04 Å². The van der Waals surface area contributed by atoms with Crippen LogP contribution in [0.4, 0.5) is 8.78 Å². The zero-order valence-corrected chi connectivity index (χ0v) is 15.5. The minimum atomic E-state index is -3.01. The van der Waals surface area contributed by atoms with Crippen LogP contribution in [-0.2, 0) is 0 Å². The molecule has 2 atom stereocenters. The minimum absolute atomic E-state index is 0.130. The van der Waals surface area contributed by atoms with E-state index >= 15 is 0 Å². The van der Waals surface area contributed by atoms with Crippen molar-refractivity contribution in [2.45, 2.75) is 44.2 Å². The Morgan fingerprint density at radius 1 is 1.48 bits per heavy atom. The van der Waals surface area contributed by atoms with Crippen LogP contribution in [0.1, 0.15) is 34.6 Å². The Kier molecular flexibility index (Phi) is 4.43. The number of pyridine rings is 1. The topological polar surface area (TPSA) is 85.3 Å². The molecular formula is C18H19F2N5OS. The Labute approximate surface area is 158 Å². The van der Waals surface area contributed by atoms with Crippen molar-refractivity contribution in [2.24, 2.45) is 5.73 Å². The van der Waals surface area contributed by atoms with E-state index in [-0.39, 0.29) is 11.4 Å². The molecule has 9 heteroatoms. The van der Waals surface area contributed by atoms with Crippen LogP contribution < -0.4 is 11.1 Å². The molecule has 0 spiro atoms. The van der Waals surface area contributed by atoms with Gasteiger partial charge in [0.2, 0.25) is 0 Å². The highest BCUT2D eigenvalue weighted by Crippen LogP contribution is 2.33. The van der Waals surface area contributed by atoms with Crippen molar-refractivity contribution < 1.29 is 13.6 Å². The summed E-state index contributed by atoms with van der Waals surface area (Å²) >= 11 is 1.11. The molecular weight excluding hydrogens is 372 g/mol. The summed E-state index contributed by atoms with van der Waals surface area (Å²) in [6.07, 6.45) is 4.08. The fourth-order valence-corrected chi connectivity index (χ4v) is 4.13. The van der Waals surface area contributed by atoms with Crippen molar-refractivity contribution in [2.75, 3.05) is 0 Å². The highest BCUT2D eigenvalue weighted by atomic mass is 32.1. The molecule has 0 bridgehead atoms. The monoisotopic (exact) mass is 391 g/mol. The van der Waals surface area contributed by atoms with E-state index in [1.807, 2.05) is 25.3 Å². The van der Waals surface area contributed by atoms with Crippen LogP contribution in [0, 0.1) is 6.92 Å². The number of carbonyl (C=O) groups excluding carboxylic acids is 1. The predicted octanol–water partition coefficient (Wildman–Crippen LogP) is 3.01. The normalized spacial score (nSPS) is 22.1. The average Bonchev–Trinajstić information content (AvgIpc) is 3.24. The molecule has 27 heavy (non-hydrogen) atoms. The van der Waals surface area contributed by atoms with Crippen molar-refractivity contribution in [1.29, 1.82) is 0 Å². The van der Waals surface area contributed by atoms with Gasteiger partial charge in [-0.3, -0.25) is 4.79 Å². The lowest BCUT2D eigenvalue weighted by Gasteiger charge is -2.36. The van der Waals surface area contributed by atoms with Gasteiger partial charge in [-0.1, -0.05) is 0 Å². The molecule has 0 aromatic carbocycles. The highest BCUT2D eigenvalue weighted by molar-refractivity contribution is 7.12. The molecule has 0 radical (unpaired) electrons. The maximum absolute atomic E-state index is 14.1. The lowest BCUT2D eigenvalue weighted by molar-refractivity contribution is -0.0674. The number of carbonyl (C=O) groups is 1. The average molecular weight is 391 g/mol. The summed E-state index contributed by atoms with van der Waals surface area (Å²) in [5.41, 5.74) is 9.13. The first-order chi connectivity index (χ1) is 12.8. The number of hydrogen-bond donors (Lipinski definition) is 2. The number of alkyl halides is 2. The van der Waals surface area contributed by atoms with Crippen LogP contribution in [0.2, 0.25) is 0 Å². The smallest absolute Gasteiger partial charge is 0.280 e. The molecule has 3 N–H and O–H groups in total. The summed E-state index contributed by atoms with van der Waals surface area (Å²) < 4.78 is 30.0. The number of nitrogens with two attached hydrogens (primary N) is 1. The number of nitrogens with one attached hydrogen (secondary N) is 1. The quantitative estimate of drug-likeness (QED) is 0.719. The number of amides is 1. The summed E-state index contributed by atoms with van der Waals surface area (Å²) in [4.78, 5) is 16.8. The van der Waals surface area contributed by atoms with Gasteiger partial charge in [0.25, 0.3) is 11.8 Å². The van der Waals surface area contributed by atoms with Crippen LogP contribution in [0.3, 0.4) is 0 Å². The van der Waals surface area contributed by atoms with Crippen molar-refractivity contribution in [1.82, 2.24) is 19.9 Å². The Hall–Kier alpha value is -2.39. The number of thiazole rings is 1. The standard InChI is InChI=1S/C18H19F2N5OS/c1-10-4-6-25-14(7-10)11(8-22-25)13-9-27-17(23-13)16(26)24-15-12(21)3-2-5-18(15,19)20/h4,6-9,12,15H,2-3,5,21H2,1H3,(H,24,26)/t12-,15-/m1/s1. The zero-order valence-electron chi connectivity index (χ0n) is 14.7. The lowest BCUT2D eigenvalue weighted by atomic mass is 9.87. The van der Waals surface area contributed by atoms with Gasteiger partial charge in [-0.05, 0) is 37.5 Å². The highest BCUT2D eigenvalue weighted by Gasteiger charge is 2.46. The molecule has 1 aliphatic rings. The van der Waals surface area contributed by atoms with Gasteiger partial charge in [-0.15, -0.1) is 11.3 Å². The molecule has 1 aliphatic carbocycles. The summed E-state index contributed by atoms with van der Waals surface area (Å²) in [6, 6.07) is 1.78. The van der Waals surface area contributed by atoms with E-state index in [1.54, 1.807) is 16.1 Å². The van der Waals surface area contributed by atoms with Crippen molar-refractivity contribution in [3.8, 4) is 11.3 Å². The molecule has 1 fully saturated rings. The van der Waals surface area contributed by atoms with Gasteiger partial charge >= 0.3 is 0 Å². The van der Waals surface area contributed by atoms with E-state index in [0.29, 0.717) is 18.5 Å². The maximum atomic E-state index is 14.1. The maximum Gasteiger partial charge on any atom is 0.280 e. The molecule has 4 rings (SSSR count). The lowest BCUT2D eigenvalue weighted by Crippen LogP contribution is -2.59. The second-order valence-electron chi connectivity index (χ2n) is 6.90. The molecule has 0 aliphatic heterocycles. The molecule has 3 aromatic heterocycles. The molecule has 1 saturated carbocycles. The van der Waals surface area contributed by atoms with E-state index in [0.717, 1.165) is 28.0 Å². The van der Waals surface area contributed by atoms with Gasteiger partial charge in [0, 0.05) is 29.6 Å². The summed E-state index contributed by atoms with van der Waals surface area (Å²) in [5.74, 6) is -3.63. The Morgan fingerprint density at radius 2 is 2.30 bits per heavy atom. The van der Waals surface area contributed by atoms with Crippen molar-refractivity contribution in [3.63, 3.8) is 0 Å². The number of aryl methyl sites for hydroxylation is 1. The van der Waals surface area contributed by atoms with E-state index in [2.05, 4.69) is 15.4 Å². The Bertz CT molecular complexity index is 999. The van der Waals surface area contributed by atoms with E-state index < -0.39 is 23.9 Å². The summed E-state index contributed by atoms with van der Waals surface area (Å²) in [5, 5.41) is 8.53. The van der Waals surface area contributed by atoms with Crippen LogP contribution in [-0.4, -0.2) is 38.5 Å². The summed E-state index contributed by atoms with van der Waals surface area (Å²) in [6.45, 7) is 1.98. The third-order valence-corrected chi connectivity index (χ3v) is 5.71.